The molecule has 0 radical (unpaired) electrons. The van der Waals surface area contributed by atoms with Crippen molar-refractivity contribution in [2.45, 2.75) is 4.90 Å². The molecule has 2 heterocycles. The first-order valence-corrected chi connectivity index (χ1v) is 10.9. The lowest BCUT2D eigenvalue weighted by Crippen LogP contribution is -2.40. The van der Waals surface area contributed by atoms with Crippen LogP contribution in [0.25, 0.3) is 5.69 Å². The smallest absolute Gasteiger partial charge is 0.262 e. The van der Waals surface area contributed by atoms with Gasteiger partial charge in [0.25, 0.3) is 5.91 Å². The van der Waals surface area contributed by atoms with Gasteiger partial charge in [0.2, 0.25) is 10.0 Å². The lowest BCUT2D eigenvalue weighted by atomic mass is 10.3. The zero-order valence-corrected chi connectivity index (χ0v) is 17.2. The quantitative estimate of drug-likeness (QED) is 0.564. The highest BCUT2D eigenvalue weighted by Crippen LogP contribution is 2.21. The van der Waals surface area contributed by atoms with Gasteiger partial charge in [-0.05, 0) is 40.8 Å². The highest BCUT2D eigenvalue weighted by atomic mass is 32.2. The van der Waals surface area contributed by atoms with E-state index in [0.29, 0.717) is 43.4 Å². The van der Waals surface area contributed by atoms with E-state index in [9.17, 15) is 13.2 Å². The lowest BCUT2D eigenvalue weighted by molar-refractivity contribution is -0.118. The standard InChI is InChI=1S/C19H20N6O5S/c26-19(13-30-17-5-2-4-16(12-17)25-14-20-22-23-25)21-15-3-1-6-18(11-15)31(27,28)24-7-9-29-10-8-24/h1-6,11-12,14H,7-10,13H2,(H,21,26). The van der Waals surface area contributed by atoms with E-state index in [-0.39, 0.29) is 11.5 Å². The third-order valence-electron chi connectivity index (χ3n) is 4.53. The molecule has 0 bridgehead atoms. The summed E-state index contributed by atoms with van der Waals surface area (Å²) >= 11 is 0. The molecule has 1 aromatic heterocycles. The lowest BCUT2D eigenvalue weighted by Gasteiger charge is -2.26. The second-order valence-corrected chi connectivity index (χ2v) is 8.57. The Bertz CT molecular complexity index is 1150. The molecule has 4 rings (SSSR count). The van der Waals surface area contributed by atoms with E-state index in [1.165, 1.54) is 27.4 Å². The highest BCUT2D eigenvalue weighted by Gasteiger charge is 2.26. The van der Waals surface area contributed by atoms with Crippen molar-refractivity contribution in [1.82, 2.24) is 24.5 Å². The Labute approximate surface area is 178 Å². The molecule has 0 spiro atoms. The Hall–Kier alpha value is -3.35. The van der Waals surface area contributed by atoms with Crippen molar-refractivity contribution in [2.75, 3.05) is 38.2 Å². The Kier molecular flexibility index (Phi) is 6.21. The van der Waals surface area contributed by atoms with Gasteiger partial charge in [0, 0.05) is 24.8 Å². The van der Waals surface area contributed by atoms with Crippen molar-refractivity contribution < 1.29 is 22.7 Å². The van der Waals surface area contributed by atoms with Crippen molar-refractivity contribution in [3.05, 3.63) is 54.9 Å². The topological polar surface area (TPSA) is 129 Å². The maximum absolute atomic E-state index is 12.8. The molecule has 0 aliphatic carbocycles. The van der Waals surface area contributed by atoms with Crippen LogP contribution >= 0.6 is 0 Å². The fraction of sp³-hybridized carbons (Fsp3) is 0.263. The molecule has 162 valence electrons. The van der Waals surface area contributed by atoms with Crippen LogP contribution < -0.4 is 10.1 Å². The number of carbonyl (C=O) groups is 1. The van der Waals surface area contributed by atoms with Gasteiger partial charge in [-0.15, -0.1) is 5.10 Å². The maximum atomic E-state index is 12.8. The summed E-state index contributed by atoms with van der Waals surface area (Å²) in [5.74, 6) is 0.0422. The maximum Gasteiger partial charge on any atom is 0.262 e. The molecule has 1 aliphatic rings. The van der Waals surface area contributed by atoms with Crippen LogP contribution in [0.2, 0.25) is 0 Å². The first-order valence-electron chi connectivity index (χ1n) is 9.46. The molecule has 2 aromatic carbocycles. The van der Waals surface area contributed by atoms with Crippen molar-refractivity contribution in [3.8, 4) is 11.4 Å². The van der Waals surface area contributed by atoms with Gasteiger partial charge in [-0.1, -0.05) is 12.1 Å². The highest BCUT2D eigenvalue weighted by molar-refractivity contribution is 7.89. The largest absolute Gasteiger partial charge is 0.484 e. The van der Waals surface area contributed by atoms with Crippen LogP contribution in [0.4, 0.5) is 5.69 Å². The number of morpholine rings is 1. The van der Waals surface area contributed by atoms with Crippen molar-refractivity contribution in [2.24, 2.45) is 0 Å². The van der Waals surface area contributed by atoms with Gasteiger partial charge >= 0.3 is 0 Å². The number of amides is 1. The van der Waals surface area contributed by atoms with Gasteiger partial charge in [0.05, 0.1) is 23.8 Å². The SMILES string of the molecule is O=C(COc1cccc(-n2cnnn2)c1)Nc1cccc(S(=O)(=O)N2CCOCC2)c1. The van der Waals surface area contributed by atoms with E-state index < -0.39 is 15.9 Å². The minimum Gasteiger partial charge on any atom is -0.484 e. The van der Waals surface area contributed by atoms with Gasteiger partial charge < -0.3 is 14.8 Å². The number of hydrogen-bond donors (Lipinski definition) is 1. The average Bonchev–Trinajstić information content (AvgIpc) is 3.34. The molecule has 1 saturated heterocycles. The average molecular weight is 444 g/mol. The van der Waals surface area contributed by atoms with Gasteiger partial charge in [-0.2, -0.15) is 4.31 Å². The first kappa shape index (κ1) is 20.9. The molecule has 0 saturated carbocycles. The van der Waals surface area contributed by atoms with Crippen LogP contribution in [0, 0.1) is 0 Å². The van der Waals surface area contributed by atoms with Gasteiger partial charge in [-0.25, -0.2) is 13.1 Å². The Morgan fingerprint density at radius 1 is 1.13 bits per heavy atom. The van der Waals surface area contributed by atoms with Crippen LogP contribution in [0.1, 0.15) is 0 Å². The molecule has 3 aromatic rings. The molecular weight excluding hydrogens is 424 g/mol. The number of carbonyl (C=O) groups excluding carboxylic acids is 1. The second-order valence-electron chi connectivity index (χ2n) is 6.63. The third kappa shape index (κ3) is 5.05. The molecule has 12 heteroatoms. The number of tetrazole rings is 1. The van der Waals surface area contributed by atoms with Crippen molar-refractivity contribution in [1.29, 1.82) is 0 Å². The number of benzene rings is 2. The van der Waals surface area contributed by atoms with Gasteiger partial charge in [0.15, 0.2) is 6.61 Å². The summed E-state index contributed by atoms with van der Waals surface area (Å²) in [6, 6.07) is 13.1. The molecule has 1 N–H and O–H groups in total. The number of rotatable bonds is 7. The van der Waals surface area contributed by atoms with Gasteiger partial charge in [0.1, 0.15) is 12.1 Å². The van der Waals surface area contributed by atoms with E-state index in [0.717, 1.165) is 0 Å². The minimum absolute atomic E-state index is 0.113. The van der Waals surface area contributed by atoms with E-state index in [4.69, 9.17) is 9.47 Å². The van der Waals surface area contributed by atoms with E-state index in [1.807, 2.05) is 0 Å². The number of ether oxygens (including phenoxy) is 2. The van der Waals surface area contributed by atoms with Crippen molar-refractivity contribution in [3.63, 3.8) is 0 Å². The third-order valence-corrected chi connectivity index (χ3v) is 6.42. The molecule has 1 fully saturated rings. The summed E-state index contributed by atoms with van der Waals surface area (Å²) in [5, 5.41) is 13.6. The van der Waals surface area contributed by atoms with Crippen LogP contribution in [0.3, 0.4) is 0 Å². The molecule has 1 amide bonds. The molecule has 1 aliphatic heterocycles. The van der Waals surface area contributed by atoms with Crippen LogP contribution in [0.15, 0.2) is 59.8 Å². The Balaban J connectivity index is 1.38. The number of hydrogen-bond acceptors (Lipinski definition) is 8. The fourth-order valence-corrected chi connectivity index (χ4v) is 4.47. The molecule has 11 nitrogen and oxygen atoms in total. The Morgan fingerprint density at radius 2 is 1.94 bits per heavy atom. The van der Waals surface area contributed by atoms with E-state index >= 15 is 0 Å². The van der Waals surface area contributed by atoms with Gasteiger partial charge in [-0.3, -0.25) is 4.79 Å². The van der Waals surface area contributed by atoms with Crippen LogP contribution in [-0.2, 0) is 19.6 Å². The Morgan fingerprint density at radius 3 is 2.71 bits per heavy atom. The monoisotopic (exact) mass is 444 g/mol. The fourth-order valence-electron chi connectivity index (χ4n) is 3.01. The minimum atomic E-state index is -3.65. The molecule has 31 heavy (non-hydrogen) atoms. The molecular formula is C19H20N6O5S. The summed E-state index contributed by atoms with van der Waals surface area (Å²) in [4.78, 5) is 12.4. The zero-order chi connectivity index (χ0) is 21.7. The van der Waals surface area contributed by atoms with Crippen LogP contribution in [-0.4, -0.2) is 71.7 Å². The van der Waals surface area contributed by atoms with E-state index in [1.54, 1.807) is 36.4 Å². The number of anilines is 1. The summed E-state index contributed by atoms with van der Waals surface area (Å²) in [5.41, 5.74) is 1.05. The molecule has 0 unspecified atom stereocenters. The number of nitrogens with one attached hydrogen (secondary N) is 1. The summed E-state index contributed by atoms with van der Waals surface area (Å²) in [7, 11) is -3.65. The number of aromatic nitrogens is 4. The zero-order valence-electron chi connectivity index (χ0n) is 16.4. The van der Waals surface area contributed by atoms with Crippen LogP contribution in [0.5, 0.6) is 5.75 Å². The molecule has 0 atom stereocenters. The number of sulfonamides is 1. The predicted octanol–water partition coefficient (Wildman–Crippen LogP) is 0.701. The summed E-state index contributed by atoms with van der Waals surface area (Å²) in [6.45, 7) is 1.08. The second kappa shape index (κ2) is 9.20. The number of nitrogens with zero attached hydrogens (tertiary/aromatic N) is 5. The summed E-state index contributed by atoms with van der Waals surface area (Å²) in [6.07, 6.45) is 1.45. The predicted molar refractivity (Wildman–Crippen MR) is 109 cm³/mol. The normalized spacial score (nSPS) is 14.8. The summed E-state index contributed by atoms with van der Waals surface area (Å²) < 4.78 is 39.2. The first-order chi connectivity index (χ1) is 15.0. The van der Waals surface area contributed by atoms with Crippen molar-refractivity contribution >= 4 is 21.6 Å². The van der Waals surface area contributed by atoms with E-state index in [2.05, 4.69) is 20.8 Å².